The van der Waals surface area contributed by atoms with Crippen LogP contribution in [0.2, 0.25) is 0 Å². The molecule has 3 amide bonds. The Labute approximate surface area is 139 Å². The Morgan fingerprint density at radius 1 is 1.17 bits per heavy atom. The van der Waals surface area contributed by atoms with E-state index in [4.69, 9.17) is 5.26 Å². The van der Waals surface area contributed by atoms with Crippen LogP contribution in [-0.4, -0.2) is 54.2 Å². The van der Waals surface area contributed by atoms with Crippen molar-refractivity contribution in [2.75, 3.05) is 31.5 Å². The van der Waals surface area contributed by atoms with E-state index in [1.807, 2.05) is 6.07 Å². The molecule has 1 aromatic carbocycles. The van der Waals surface area contributed by atoms with Crippen LogP contribution in [0.1, 0.15) is 12.0 Å². The van der Waals surface area contributed by atoms with E-state index < -0.39 is 0 Å². The molecule has 1 saturated carbocycles. The number of piperazine rings is 1. The van der Waals surface area contributed by atoms with Gasteiger partial charge in [0.1, 0.15) is 6.07 Å². The minimum atomic E-state index is -0.339. The van der Waals surface area contributed by atoms with Crippen molar-refractivity contribution in [3.8, 4) is 6.07 Å². The number of hydrogen-bond acceptors (Lipinski definition) is 4. The second kappa shape index (κ2) is 6.71. The largest absolute Gasteiger partial charge is 0.342 e. The molecule has 24 heavy (non-hydrogen) atoms. The van der Waals surface area contributed by atoms with E-state index >= 15 is 0 Å². The number of rotatable bonds is 4. The second-order valence-electron chi connectivity index (χ2n) is 6.06. The van der Waals surface area contributed by atoms with Crippen molar-refractivity contribution in [2.45, 2.75) is 6.42 Å². The Bertz CT molecular complexity index is 704. The summed E-state index contributed by atoms with van der Waals surface area (Å²) in [5.41, 5.74) is 0.877. The molecule has 1 aliphatic heterocycles. The number of benzene rings is 1. The zero-order valence-corrected chi connectivity index (χ0v) is 13.1. The summed E-state index contributed by atoms with van der Waals surface area (Å²) in [6, 6.07) is 8.83. The highest BCUT2D eigenvalue weighted by molar-refractivity contribution is 6.00. The summed E-state index contributed by atoms with van der Waals surface area (Å²) in [5.74, 6) is -0.868. The van der Waals surface area contributed by atoms with Gasteiger partial charge in [0.15, 0.2) is 0 Å². The highest BCUT2D eigenvalue weighted by atomic mass is 16.2. The van der Waals surface area contributed by atoms with Crippen molar-refractivity contribution in [3.05, 3.63) is 29.8 Å². The van der Waals surface area contributed by atoms with E-state index in [1.54, 1.807) is 34.1 Å². The van der Waals surface area contributed by atoms with E-state index in [0.29, 0.717) is 43.9 Å². The van der Waals surface area contributed by atoms with Crippen LogP contribution in [-0.2, 0) is 14.4 Å². The molecule has 2 atom stereocenters. The third-order valence-electron chi connectivity index (χ3n) is 4.52. The Hall–Kier alpha value is -2.88. The molecule has 3 rings (SSSR count). The number of nitrogens with zero attached hydrogens (tertiary/aromatic N) is 3. The third-order valence-corrected chi connectivity index (χ3v) is 4.52. The van der Waals surface area contributed by atoms with Gasteiger partial charge in [0.2, 0.25) is 18.2 Å². The van der Waals surface area contributed by atoms with Crippen molar-refractivity contribution in [1.82, 2.24) is 9.80 Å². The number of hydrogen-bond donors (Lipinski definition) is 1. The van der Waals surface area contributed by atoms with Crippen LogP contribution in [0.3, 0.4) is 0 Å². The average Bonchev–Trinajstić information content (AvgIpc) is 3.42. The average molecular weight is 326 g/mol. The number of carbonyl (C=O) groups is 3. The van der Waals surface area contributed by atoms with Crippen molar-refractivity contribution in [1.29, 1.82) is 5.26 Å². The van der Waals surface area contributed by atoms with Gasteiger partial charge in [-0.3, -0.25) is 14.4 Å². The van der Waals surface area contributed by atoms with E-state index in [2.05, 4.69) is 5.32 Å². The Kier molecular flexibility index (Phi) is 4.47. The van der Waals surface area contributed by atoms with Crippen LogP contribution in [0.5, 0.6) is 0 Å². The van der Waals surface area contributed by atoms with E-state index in [1.165, 1.54) is 0 Å². The molecule has 124 valence electrons. The Morgan fingerprint density at radius 2 is 1.88 bits per heavy atom. The Morgan fingerprint density at radius 3 is 2.54 bits per heavy atom. The molecule has 1 aromatic rings. The molecule has 2 aliphatic rings. The first-order chi connectivity index (χ1) is 11.6. The van der Waals surface area contributed by atoms with Crippen LogP contribution in [0.25, 0.3) is 0 Å². The first-order valence-electron chi connectivity index (χ1n) is 7.92. The monoisotopic (exact) mass is 326 g/mol. The molecule has 1 heterocycles. The number of amides is 3. The molecule has 0 spiro atoms. The lowest BCUT2D eigenvalue weighted by Crippen LogP contribution is -2.48. The predicted octanol–water partition coefficient (Wildman–Crippen LogP) is 0.433. The van der Waals surface area contributed by atoms with E-state index in [-0.39, 0.29) is 23.7 Å². The number of carbonyl (C=O) groups excluding carboxylic acids is 3. The van der Waals surface area contributed by atoms with Crippen LogP contribution >= 0.6 is 0 Å². The molecule has 7 heteroatoms. The quantitative estimate of drug-likeness (QED) is 0.812. The van der Waals surface area contributed by atoms with Gasteiger partial charge in [-0.25, -0.2) is 0 Å². The molecule has 2 fully saturated rings. The summed E-state index contributed by atoms with van der Waals surface area (Å²) in [6.07, 6.45) is 1.33. The number of anilines is 1. The van der Waals surface area contributed by atoms with Gasteiger partial charge < -0.3 is 15.1 Å². The van der Waals surface area contributed by atoms with Crippen LogP contribution in [0.4, 0.5) is 5.69 Å². The fourth-order valence-corrected chi connectivity index (χ4v) is 2.95. The molecule has 7 nitrogen and oxygen atoms in total. The molecule has 0 radical (unpaired) electrons. The van der Waals surface area contributed by atoms with Crippen LogP contribution < -0.4 is 5.32 Å². The van der Waals surface area contributed by atoms with Gasteiger partial charge >= 0.3 is 0 Å². The summed E-state index contributed by atoms with van der Waals surface area (Å²) in [6.45, 7) is 2.10. The summed E-state index contributed by atoms with van der Waals surface area (Å²) >= 11 is 0. The SMILES string of the molecule is N#Cc1ccccc1NC(=O)C1CC1C(=O)N1CCN(C=O)CC1. The van der Waals surface area contributed by atoms with Gasteiger partial charge in [-0.2, -0.15) is 5.26 Å². The lowest BCUT2D eigenvalue weighted by molar-refractivity contribution is -0.137. The van der Waals surface area contributed by atoms with E-state index in [0.717, 1.165) is 6.41 Å². The minimum absolute atomic E-state index is 0.0192. The minimum Gasteiger partial charge on any atom is -0.342 e. The smallest absolute Gasteiger partial charge is 0.228 e. The van der Waals surface area contributed by atoms with Gasteiger partial charge in [-0.05, 0) is 18.6 Å². The molecule has 0 aromatic heterocycles. The van der Waals surface area contributed by atoms with Crippen molar-refractivity contribution >= 4 is 23.9 Å². The topological polar surface area (TPSA) is 93.5 Å². The van der Waals surface area contributed by atoms with Crippen LogP contribution in [0.15, 0.2) is 24.3 Å². The van der Waals surface area contributed by atoms with E-state index in [9.17, 15) is 14.4 Å². The summed E-state index contributed by atoms with van der Waals surface area (Å²) in [7, 11) is 0. The molecule has 1 N–H and O–H groups in total. The molecule has 0 bridgehead atoms. The first kappa shape index (κ1) is 16.0. The lowest BCUT2D eigenvalue weighted by atomic mass is 10.2. The second-order valence-corrected chi connectivity index (χ2v) is 6.06. The van der Waals surface area contributed by atoms with Gasteiger partial charge in [-0.1, -0.05) is 12.1 Å². The van der Waals surface area contributed by atoms with Gasteiger partial charge in [0, 0.05) is 26.2 Å². The molecule has 1 saturated heterocycles. The summed E-state index contributed by atoms with van der Waals surface area (Å²) < 4.78 is 0. The zero-order chi connectivity index (χ0) is 17.1. The molecular formula is C17H18N4O3. The normalized spacial score (nSPS) is 22.5. The predicted molar refractivity (Wildman–Crippen MR) is 85.6 cm³/mol. The number of para-hydroxylation sites is 1. The molecular weight excluding hydrogens is 308 g/mol. The maximum atomic E-state index is 12.4. The fraction of sp³-hybridized carbons (Fsp3) is 0.412. The van der Waals surface area contributed by atoms with Crippen molar-refractivity contribution in [2.24, 2.45) is 11.8 Å². The Balaban J connectivity index is 1.55. The maximum absolute atomic E-state index is 12.4. The van der Waals surface area contributed by atoms with Gasteiger partial charge in [-0.15, -0.1) is 0 Å². The van der Waals surface area contributed by atoms with Gasteiger partial charge in [0.05, 0.1) is 23.1 Å². The van der Waals surface area contributed by atoms with Gasteiger partial charge in [0.25, 0.3) is 0 Å². The third kappa shape index (κ3) is 3.23. The lowest BCUT2D eigenvalue weighted by Gasteiger charge is -2.32. The summed E-state index contributed by atoms with van der Waals surface area (Å²) in [4.78, 5) is 38.8. The standard InChI is InChI=1S/C17H18N4O3/c18-10-12-3-1-2-4-15(12)19-16(23)13-9-14(13)17(24)21-7-5-20(11-22)6-8-21/h1-4,11,13-14H,5-9H2,(H,19,23). The molecule has 2 unspecified atom stereocenters. The maximum Gasteiger partial charge on any atom is 0.228 e. The first-order valence-corrected chi connectivity index (χ1v) is 7.92. The summed E-state index contributed by atoms with van der Waals surface area (Å²) in [5, 5.41) is 11.8. The highest BCUT2D eigenvalue weighted by Crippen LogP contribution is 2.41. The highest BCUT2D eigenvalue weighted by Gasteiger charge is 2.49. The zero-order valence-electron chi connectivity index (χ0n) is 13.1. The van der Waals surface area contributed by atoms with Crippen LogP contribution in [0, 0.1) is 23.2 Å². The van der Waals surface area contributed by atoms with Crippen molar-refractivity contribution in [3.63, 3.8) is 0 Å². The number of nitrogens with one attached hydrogen (secondary N) is 1. The molecule has 1 aliphatic carbocycles. The fourth-order valence-electron chi connectivity index (χ4n) is 2.95. The number of nitriles is 1. The van der Waals surface area contributed by atoms with Crippen molar-refractivity contribution < 1.29 is 14.4 Å².